The van der Waals surface area contributed by atoms with E-state index in [0.29, 0.717) is 5.92 Å². The van der Waals surface area contributed by atoms with Crippen LogP contribution in [0.15, 0.2) is 206 Å². The standard InChI is InChI=1S/C62H61N3/c1-3-5-20-46-62(4-2,49-36-42-54(43-37-49)63(51-24-12-7-13-25-51)52-26-14-8-15-27-52)50-38-44-56(45-39-50)64(55-40-34-48(35-41-55)47-22-10-6-11-23-47)60-33-21-31-58-57-30-18-19-32-59(57)65(61(58)60)53-28-16-9-17-29-53/h7-9,12-19,21,24-45,47H,3-6,10-11,20,22-23,46H2,1-2H3. The van der Waals surface area contributed by atoms with E-state index in [1.165, 1.54) is 101 Å². The van der Waals surface area contributed by atoms with Crippen molar-refractivity contribution >= 4 is 55.9 Å². The van der Waals surface area contributed by atoms with Crippen LogP contribution in [0.5, 0.6) is 0 Å². The van der Waals surface area contributed by atoms with Crippen molar-refractivity contribution in [3.8, 4) is 5.69 Å². The van der Waals surface area contributed by atoms with Crippen LogP contribution in [0.25, 0.3) is 27.5 Å². The van der Waals surface area contributed by atoms with Crippen LogP contribution in [-0.2, 0) is 5.41 Å². The SMILES string of the molecule is CCCCCC(CC)(c1ccc(N(c2ccccc2)c2ccccc2)cc1)c1ccc(N(c2ccc(C3CCCCC3)cc2)c2cccc3c4ccccc4n(-c4ccccc4)c23)cc1. The van der Waals surface area contributed by atoms with Gasteiger partial charge in [-0.25, -0.2) is 0 Å². The maximum absolute atomic E-state index is 2.51. The molecule has 65 heavy (non-hydrogen) atoms. The number of hydrogen-bond donors (Lipinski definition) is 0. The van der Waals surface area contributed by atoms with Crippen molar-refractivity contribution in [3.63, 3.8) is 0 Å². The van der Waals surface area contributed by atoms with Crippen LogP contribution in [0.4, 0.5) is 34.1 Å². The summed E-state index contributed by atoms with van der Waals surface area (Å²) in [6.45, 7) is 4.70. The van der Waals surface area contributed by atoms with Gasteiger partial charge in [0, 0.05) is 50.3 Å². The molecule has 3 heteroatoms. The first-order valence-electron chi connectivity index (χ1n) is 24.3. The van der Waals surface area contributed by atoms with Crippen LogP contribution in [0.3, 0.4) is 0 Å². The fourth-order valence-electron chi connectivity index (χ4n) is 11.0. The van der Waals surface area contributed by atoms with Gasteiger partial charge in [-0.15, -0.1) is 0 Å². The van der Waals surface area contributed by atoms with E-state index in [4.69, 9.17) is 0 Å². The first-order valence-corrected chi connectivity index (χ1v) is 24.3. The Hall–Kier alpha value is -6.84. The van der Waals surface area contributed by atoms with Crippen LogP contribution in [0.2, 0.25) is 0 Å². The predicted molar refractivity (Wildman–Crippen MR) is 278 cm³/mol. The molecule has 324 valence electrons. The molecule has 1 atom stereocenters. The lowest BCUT2D eigenvalue weighted by Crippen LogP contribution is -2.27. The smallest absolute Gasteiger partial charge is 0.0782 e. The van der Waals surface area contributed by atoms with Crippen molar-refractivity contribution in [2.24, 2.45) is 0 Å². The molecule has 0 radical (unpaired) electrons. The Morgan fingerprint density at radius 1 is 0.462 bits per heavy atom. The number of fused-ring (bicyclic) bond motifs is 3. The Bertz CT molecular complexity index is 2890. The van der Waals surface area contributed by atoms with Crippen molar-refractivity contribution < 1.29 is 0 Å². The zero-order chi connectivity index (χ0) is 44.0. The monoisotopic (exact) mass is 847 g/mol. The number of para-hydroxylation sites is 5. The Morgan fingerprint density at radius 3 is 1.55 bits per heavy atom. The molecule has 1 aromatic heterocycles. The molecular weight excluding hydrogens is 787 g/mol. The van der Waals surface area contributed by atoms with Crippen molar-refractivity contribution in [1.82, 2.24) is 4.57 Å². The molecule has 1 aliphatic carbocycles. The molecule has 1 fully saturated rings. The Morgan fingerprint density at radius 2 is 0.969 bits per heavy atom. The van der Waals surface area contributed by atoms with E-state index in [-0.39, 0.29) is 5.41 Å². The molecule has 1 saturated carbocycles. The van der Waals surface area contributed by atoms with E-state index < -0.39 is 0 Å². The van der Waals surface area contributed by atoms with Crippen LogP contribution >= 0.6 is 0 Å². The highest BCUT2D eigenvalue weighted by atomic mass is 15.2. The van der Waals surface area contributed by atoms with E-state index in [9.17, 15) is 0 Å². The normalized spacial score (nSPS) is 14.1. The largest absolute Gasteiger partial charge is 0.311 e. The van der Waals surface area contributed by atoms with E-state index >= 15 is 0 Å². The summed E-state index contributed by atoms with van der Waals surface area (Å²) in [6, 6.07) is 76.8. The van der Waals surface area contributed by atoms with Gasteiger partial charge in [0.2, 0.25) is 0 Å². The fraction of sp³-hybridized carbons (Fsp3) is 0.226. The molecule has 1 aliphatic rings. The molecule has 1 heterocycles. The number of unbranched alkanes of at least 4 members (excludes halogenated alkanes) is 2. The minimum atomic E-state index is -0.136. The molecule has 1 unspecified atom stereocenters. The molecular formula is C62H61N3. The van der Waals surface area contributed by atoms with Gasteiger partial charge in [-0.2, -0.15) is 0 Å². The molecule has 0 amide bonds. The third-order valence-corrected chi connectivity index (χ3v) is 14.4. The van der Waals surface area contributed by atoms with Crippen molar-refractivity contribution in [1.29, 1.82) is 0 Å². The zero-order valence-electron chi connectivity index (χ0n) is 38.1. The minimum Gasteiger partial charge on any atom is -0.311 e. The van der Waals surface area contributed by atoms with E-state index in [1.807, 2.05) is 0 Å². The van der Waals surface area contributed by atoms with Crippen molar-refractivity contribution in [2.75, 3.05) is 9.80 Å². The Balaban J connectivity index is 1.09. The zero-order valence-corrected chi connectivity index (χ0v) is 38.1. The molecule has 0 saturated heterocycles. The second-order valence-corrected chi connectivity index (χ2v) is 18.1. The second kappa shape index (κ2) is 19.1. The summed E-state index contributed by atoms with van der Waals surface area (Å²) >= 11 is 0. The van der Waals surface area contributed by atoms with Gasteiger partial charge in [-0.1, -0.05) is 174 Å². The van der Waals surface area contributed by atoms with Gasteiger partial charge in [0.15, 0.2) is 0 Å². The van der Waals surface area contributed by atoms with Gasteiger partial charge in [-0.3, -0.25) is 0 Å². The highest BCUT2D eigenvalue weighted by molar-refractivity contribution is 6.14. The van der Waals surface area contributed by atoms with E-state index in [2.05, 4.69) is 234 Å². The van der Waals surface area contributed by atoms with Gasteiger partial charge in [-0.05, 0) is 133 Å². The highest BCUT2D eigenvalue weighted by Gasteiger charge is 2.33. The second-order valence-electron chi connectivity index (χ2n) is 18.1. The molecule has 8 aromatic carbocycles. The van der Waals surface area contributed by atoms with Crippen molar-refractivity contribution in [2.45, 2.75) is 89.4 Å². The number of rotatable bonds is 15. The molecule has 0 N–H and O–H groups in total. The fourth-order valence-corrected chi connectivity index (χ4v) is 11.0. The topological polar surface area (TPSA) is 11.4 Å². The van der Waals surface area contributed by atoms with E-state index in [1.54, 1.807) is 0 Å². The average molecular weight is 848 g/mol. The third-order valence-electron chi connectivity index (χ3n) is 14.4. The molecule has 3 nitrogen and oxygen atoms in total. The van der Waals surface area contributed by atoms with Crippen LogP contribution in [0, 0.1) is 0 Å². The Kier molecular flexibility index (Phi) is 12.4. The van der Waals surface area contributed by atoms with Crippen LogP contribution in [-0.4, -0.2) is 4.57 Å². The van der Waals surface area contributed by atoms with Crippen molar-refractivity contribution in [3.05, 3.63) is 223 Å². The summed E-state index contributed by atoms with van der Waals surface area (Å²) in [5.41, 5.74) is 14.6. The number of anilines is 6. The molecule has 0 spiro atoms. The summed E-state index contributed by atoms with van der Waals surface area (Å²) in [7, 11) is 0. The number of aromatic nitrogens is 1. The quantitative estimate of drug-likeness (QED) is 0.0952. The maximum Gasteiger partial charge on any atom is 0.0782 e. The summed E-state index contributed by atoms with van der Waals surface area (Å²) in [5, 5.41) is 2.52. The number of benzene rings is 8. The highest BCUT2D eigenvalue weighted by Crippen LogP contribution is 2.47. The summed E-state index contributed by atoms with van der Waals surface area (Å²) in [4.78, 5) is 4.87. The van der Waals surface area contributed by atoms with E-state index in [0.717, 1.165) is 41.3 Å². The molecule has 9 aromatic rings. The lowest BCUT2D eigenvalue weighted by atomic mass is 9.69. The summed E-state index contributed by atoms with van der Waals surface area (Å²) in [6.07, 6.45) is 12.3. The van der Waals surface area contributed by atoms with Gasteiger partial charge < -0.3 is 14.4 Å². The van der Waals surface area contributed by atoms with Gasteiger partial charge in [0.05, 0.1) is 16.7 Å². The molecule has 10 rings (SSSR count). The third kappa shape index (κ3) is 8.25. The number of nitrogens with zero attached hydrogens (tertiary/aromatic N) is 3. The molecule has 0 bridgehead atoms. The first kappa shape index (κ1) is 42.1. The summed E-state index contributed by atoms with van der Waals surface area (Å²) < 4.78 is 2.47. The summed E-state index contributed by atoms with van der Waals surface area (Å²) in [5.74, 6) is 0.651. The lowest BCUT2D eigenvalue weighted by molar-refractivity contribution is 0.431. The van der Waals surface area contributed by atoms with Gasteiger partial charge >= 0.3 is 0 Å². The molecule has 0 aliphatic heterocycles. The number of hydrogen-bond acceptors (Lipinski definition) is 2. The van der Waals surface area contributed by atoms with Crippen LogP contribution < -0.4 is 9.80 Å². The first-order chi connectivity index (χ1) is 32.2. The maximum atomic E-state index is 2.51. The lowest BCUT2D eigenvalue weighted by Gasteiger charge is -2.36. The predicted octanol–water partition coefficient (Wildman–Crippen LogP) is 18.0. The average Bonchev–Trinajstić information content (AvgIpc) is 3.73. The van der Waals surface area contributed by atoms with Gasteiger partial charge in [0.1, 0.15) is 0 Å². The Labute approximate surface area is 386 Å². The van der Waals surface area contributed by atoms with Crippen LogP contribution in [0.1, 0.15) is 101 Å². The van der Waals surface area contributed by atoms with Gasteiger partial charge in [0.25, 0.3) is 0 Å². The minimum absolute atomic E-state index is 0.136.